The second kappa shape index (κ2) is 10.7. The van der Waals surface area contributed by atoms with Gasteiger partial charge in [-0.05, 0) is 43.5 Å². The summed E-state index contributed by atoms with van der Waals surface area (Å²) in [6, 6.07) is 15.9. The van der Waals surface area contributed by atoms with E-state index in [2.05, 4.69) is 36.3 Å². The average Bonchev–Trinajstić information content (AvgIpc) is 2.69. The number of nitrogens with zero attached hydrogens (tertiary/aromatic N) is 1. The van der Waals surface area contributed by atoms with E-state index < -0.39 is 0 Å². The molecule has 5 heteroatoms. The maximum atomic E-state index is 11.2. The highest BCUT2D eigenvalue weighted by molar-refractivity contribution is 6.30. The molecule has 0 aliphatic carbocycles. The SMILES string of the molecule is CNC(/N=C(/OCc1cccc(C)c1)C(C)Cc1ccc(Cl)cc1)=C(/C)C=O. The van der Waals surface area contributed by atoms with Crippen molar-refractivity contribution in [2.45, 2.75) is 33.8 Å². The number of rotatable bonds is 8. The summed E-state index contributed by atoms with van der Waals surface area (Å²) in [5.41, 5.74) is 3.93. The number of hydrogen-bond acceptors (Lipinski definition) is 4. The van der Waals surface area contributed by atoms with Crippen LogP contribution in [0.4, 0.5) is 0 Å². The van der Waals surface area contributed by atoms with Gasteiger partial charge in [-0.15, -0.1) is 0 Å². The highest BCUT2D eigenvalue weighted by Crippen LogP contribution is 2.17. The lowest BCUT2D eigenvalue weighted by molar-refractivity contribution is -0.104. The lowest BCUT2D eigenvalue weighted by Gasteiger charge is -2.18. The van der Waals surface area contributed by atoms with E-state index in [0.717, 1.165) is 23.8 Å². The third-order valence-corrected chi connectivity index (χ3v) is 4.61. The van der Waals surface area contributed by atoms with E-state index in [1.54, 1.807) is 14.0 Å². The second-order valence-electron chi connectivity index (χ2n) is 6.86. The van der Waals surface area contributed by atoms with Gasteiger partial charge in [0.1, 0.15) is 18.7 Å². The molecule has 28 heavy (non-hydrogen) atoms. The zero-order valence-electron chi connectivity index (χ0n) is 16.8. The van der Waals surface area contributed by atoms with Crippen molar-refractivity contribution < 1.29 is 9.53 Å². The summed E-state index contributed by atoms with van der Waals surface area (Å²) in [6.07, 6.45) is 1.54. The number of carbonyl (C=O) groups is 1. The van der Waals surface area contributed by atoms with Crippen LogP contribution in [0.15, 0.2) is 64.9 Å². The van der Waals surface area contributed by atoms with Gasteiger partial charge < -0.3 is 10.1 Å². The minimum Gasteiger partial charge on any atom is -0.476 e. The Hall–Kier alpha value is -2.59. The van der Waals surface area contributed by atoms with Crippen molar-refractivity contribution in [1.29, 1.82) is 0 Å². The fourth-order valence-corrected chi connectivity index (χ4v) is 2.94. The first-order valence-electron chi connectivity index (χ1n) is 9.28. The van der Waals surface area contributed by atoms with Crippen LogP contribution in [0.3, 0.4) is 0 Å². The first kappa shape index (κ1) is 21.7. The summed E-state index contributed by atoms with van der Waals surface area (Å²) in [5, 5.41) is 3.69. The molecule has 148 valence electrons. The van der Waals surface area contributed by atoms with Gasteiger partial charge in [0.05, 0.1) is 0 Å². The van der Waals surface area contributed by atoms with Crippen LogP contribution >= 0.6 is 11.6 Å². The molecule has 0 bridgehead atoms. The number of hydrogen-bond donors (Lipinski definition) is 1. The second-order valence-corrected chi connectivity index (χ2v) is 7.30. The molecule has 0 aliphatic rings. The normalized spacial score (nSPS) is 13.5. The Bertz CT molecular complexity index is 857. The number of aliphatic imine (C=N–C) groups is 1. The number of allylic oxidation sites excluding steroid dienone is 1. The summed E-state index contributed by atoms with van der Waals surface area (Å²) in [5.74, 6) is 1.12. The van der Waals surface area contributed by atoms with E-state index in [9.17, 15) is 4.79 Å². The topological polar surface area (TPSA) is 50.7 Å². The van der Waals surface area contributed by atoms with Gasteiger partial charge in [-0.3, -0.25) is 4.79 Å². The lowest BCUT2D eigenvalue weighted by Crippen LogP contribution is -2.20. The van der Waals surface area contributed by atoms with Gasteiger partial charge in [0, 0.05) is 23.6 Å². The molecule has 0 aliphatic heterocycles. The Morgan fingerprint density at radius 3 is 2.54 bits per heavy atom. The fraction of sp³-hybridized carbons (Fsp3) is 0.304. The summed E-state index contributed by atoms with van der Waals surface area (Å²) in [4.78, 5) is 15.8. The minimum absolute atomic E-state index is 0.0220. The van der Waals surface area contributed by atoms with E-state index in [0.29, 0.717) is 28.9 Å². The quantitative estimate of drug-likeness (QED) is 0.291. The van der Waals surface area contributed by atoms with Crippen LogP contribution < -0.4 is 5.32 Å². The Balaban J connectivity index is 2.25. The van der Waals surface area contributed by atoms with Gasteiger partial charge in [-0.25, -0.2) is 0 Å². The molecule has 1 atom stereocenters. The van der Waals surface area contributed by atoms with Gasteiger partial charge in [0.15, 0.2) is 5.90 Å². The van der Waals surface area contributed by atoms with Gasteiger partial charge in [-0.2, -0.15) is 4.99 Å². The lowest BCUT2D eigenvalue weighted by atomic mass is 10.0. The molecule has 0 saturated carbocycles. The summed E-state index contributed by atoms with van der Waals surface area (Å²) in [6.45, 7) is 6.26. The van der Waals surface area contributed by atoms with Crippen LogP contribution in [0.1, 0.15) is 30.5 Å². The van der Waals surface area contributed by atoms with Crippen LogP contribution in [0.25, 0.3) is 0 Å². The maximum Gasteiger partial charge on any atom is 0.193 e. The number of ether oxygens (including phenoxy) is 1. The van der Waals surface area contributed by atoms with E-state index >= 15 is 0 Å². The van der Waals surface area contributed by atoms with Crippen molar-refractivity contribution in [3.8, 4) is 0 Å². The first-order valence-corrected chi connectivity index (χ1v) is 9.66. The molecule has 1 N–H and O–H groups in total. The molecular weight excluding hydrogens is 372 g/mol. The summed E-state index contributed by atoms with van der Waals surface area (Å²) < 4.78 is 6.10. The monoisotopic (exact) mass is 398 g/mol. The van der Waals surface area contributed by atoms with Gasteiger partial charge in [-0.1, -0.05) is 60.5 Å². The van der Waals surface area contributed by atoms with Gasteiger partial charge >= 0.3 is 0 Å². The van der Waals surface area contributed by atoms with Crippen molar-refractivity contribution in [1.82, 2.24) is 5.32 Å². The van der Waals surface area contributed by atoms with Crippen LogP contribution in [0.5, 0.6) is 0 Å². The highest BCUT2D eigenvalue weighted by atomic mass is 35.5. The number of aryl methyl sites for hydroxylation is 1. The van der Waals surface area contributed by atoms with Crippen molar-refractivity contribution in [3.63, 3.8) is 0 Å². The largest absolute Gasteiger partial charge is 0.476 e. The molecule has 1 unspecified atom stereocenters. The number of aldehydes is 1. The molecule has 2 rings (SSSR count). The van der Waals surface area contributed by atoms with E-state index in [4.69, 9.17) is 16.3 Å². The molecule has 2 aromatic rings. The Labute approximate surface area is 172 Å². The highest BCUT2D eigenvalue weighted by Gasteiger charge is 2.15. The van der Waals surface area contributed by atoms with E-state index in [1.165, 1.54) is 5.56 Å². The third kappa shape index (κ3) is 6.54. The standard InChI is InChI=1S/C23H27ClN2O2/c1-16-6-5-7-20(12-16)15-28-23(26-22(25-4)18(3)14-27)17(2)13-19-8-10-21(24)11-9-19/h5-12,14,17,25H,13,15H2,1-4H3/b22-18+,26-23+. The summed E-state index contributed by atoms with van der Waals surface area (Å²) >= 11 is 5.98. The van der Waals surface area contributed by atoms with Crippen molar-refractivity contribution in [2.75, 3.05) is 7.05 Å². The van der Waals surface area contributed by atoms with Crippen molar-refractivity contribution in [3.05, 3.63) is 81.6 Å². The Morgan fingerprint density at radius 2 is 1.93 bits per heavy atom. The van der Waals surface area contributed by atoms with Crippen molar-refractivity contribution in [2.24, 2.45) is 10.9 Å². The smallest absolute Gasteiger partial charge is 0.193 e. The molecule has 0 spiro atoms. The van der Waals surface area contributed by atoms with E-state index in [-0.39, 0.29) is 5.92 Å². The maximum absolute atomic E-state index is 11.2. The van der Waals surface area contributed by atoms with Crippen LogP contribution in [0, 0.1) is 12.8 Å². The molecule has 0 fully saturated rings. The van der Waals surface area contributed by atoms with Crippen LogP contribution in [0.2, 0.25) is 5.02 Å². The van der Waals surface area contributed by atoms with Gasteiger partial charge in [0.2, 0.25) is 0 Å². The fourth-order valence-electron chi connectivity index (χ4n) is 2.81. The zero-order valence-corrected chi connectivity index (χ0v) is 17.6. The summed E-state index contributed by atoms with van der Waals surface area (Å²) in [7, 11) is 1.74. The molecule has 0 aromatic heterocycles. The molecule has 2 aromatic carbocycles. The molecular formula is C23H27ClN2O2. The minimum atomic E-state index is 0.0220. The predicted molar refractivity (Wildman–Crippen MR) is 116 cm³/mol. The number of carbonyl (C=O) groups excluding carboxylic acids is 1. The number of nitrogens with one attached hydrogen (secondary N) is 1. The molecule has 4 nitrogen and oxygen atoms in total. The zero-order chi connectivity index (χ0) is 20.5. The number of benzene rings is 2. The molecule has 0 saturated heterocycles. The molecule has 0 radical (unpaired) electrons. The Morgan fingerprint density at radius 1 is 1.21 bits per heavy atom. The van der Waals surface area contributed by atoms with Crippen LogP contribution in [-0.4, -0.2) is 19.2 Å². The number of halogens is 1. The Kier molecular flexibility index (Phi) is 8.27. The average molecular weight is 399 g/mol. The van der Waals surface area contributed by atoms with Crippen molar-refractivity contribution >= 4 is 23.8 Å². The molecule has 0 amide bonds. The first-order chi connectivity index (χ1) is 13.4. The van der Waals surface area contributed by atoms with Crippen LogP contribution in [-0.2, 0) is 22.6 Å². The predicted octanol–water partition coefficient (Wildman–Crippen LogP) is 5.09. The van der Waals surface area contributed by atoms with E-state index in [1.807, 2.05) is 36.4 Å². The van der Waals surface area contributed by atoms with Gasteiger partial charge in [0.25, 0.3) is 0 Å². The molecule has 0 heterocycles. The third-order valence-electron chi connectivity index (χ3n) is 4.36.